The molecule has 0 aliphatic carbocycles. The Labute approximate surface area is 222 Å². The molecule has 1 saturated heterocycles. The zero-order valence-electron chi connectivity index (χ0n) is 22.2. The van der Waals surface area contributed by atoms with Crippen molar-refractivity contribution in [2.75, 3.05) is 25.5 Å². The molecule has 2 N–H and O–H groups in total. The van der Waals surface area contributed by atoms with Crippen molar-refractivity contribution in [3.8, 4) is 0 Å². The third-order valence-corrected chi connectivity index (χ3v) is 6.87. The van der Waals surface area contributed by atoms with Gasteiger partial charge in [0.15, 0.2) is 0 Å². The van der Waals surface area contributed by atoms with Gasteiger partial charge in [-0.15, -0.1) is 0 Å². The van der Waals surface area contributed by atoms with E-state index < -0.39 is 28.8 Å². The number of carbonyl (C=O) groups excluding carboxylic acids is 3. The molecule has 37 heavy (non-hydrogen) atoms. The third-order valence-electron chi connectivity index (χ3n) is 6.58. The third kappa shape index (κ3) is 6.24. The van der Waals surface area contributed by atoms with Crippen LogP contribution in [0.4, 0.5) is 14.9 Å². The summed E-state index contributed by atoms with van der Waals surface area (Å²) in [5.41, 5.74) is 0.292. The number of likely N-dealkylation sites (tertiary alicyclic amines) is 1. The number of nitrogens with one attached hydrogen (secondary N) is 2. The molecule has 2 aromatic carbocycles. The van der Waals surface area contributed by atoms with Crippen LogP contribution in [-0.2, 0) is 14.9 Å². The minimum absolute atomic E-state index is 0.0298. The van der Waals surface area contributed by atoms with Crippen LogP contribution in [0.1, 0.15) is 74.9 Å². The number of anilines is 1. The van der Waals surface area contributed by atoms with E-state index in [1.165, 1.54) is 13.1 Å². The van der Waals surface area contributed by atoms with Gasteiger partial charge < -0.3 is 20.3 Å². The van der Waals surface area contributed by atoms with Crippen LogP contribution in [0, 0.1) is 5.82 Å². The van der Waals surface area contributed by atoms with Crippen molar-refractivity contribution < 1.29 is 23.5 Å². The lowest BCUT2D eigenvalue weighted by atomic mass is 9.69. The molecule has 1 fully saturated rings. The van der Waals surface area contributed by atoms with Crippen LogP contribution in [0.15, 0.2) is 36.4 Å². The van der Waals surface area contributed by atoms with E-state index >= 15 is 0 Å². The molecule has 1 aliphatic rings. The van der Waals surface area contributed by atoms with Gasteiger partial charge in [0.25, 0.3) is 5.91 Å². The fourth-order valence-electron chi connectivity index (χ4n) is 4.67. The van der Waals surface area contributed by atoms with Gasteiger partial charge in [-0.05, 0) is 62.8 Å². The lowest BCUT2D eigenvalue weighted by Gasteiger charge is -2.42. The number of ether oxygens (including phenoxy) is 1. The molecule has 3 amide bonds. The van der Waals surface area contributed by atoms with Gasteiger partial charge >= 0.3 is 6.09 Å². The van der Waals surface area contributed by atoms with E-state index in [9.17, 15) is 18.8 Å². The maximum atomic E-state index is 14.4. The van der Waals surface area contributed by atoms with E-state index in [2.05, 4.69) is 24.5 Å². The molecule has 2 aromatic rings. The Morgan fingerprint density at radius 2 is 1.73 bits per heavy atom. The highest BCUT2D eigenvalue weighted by Crippen LogP contribution is 2.41. The lowest BCUT2D eigenvalue weighted by Crippen LogP contribution is -2.52. The molecule has 7 nitrogen and oxygen atoms in total. The summed E-state index contributed by atoms with van der Waals surface area (Å²) < 4.78 is 19.9. The Morgan fingerprint density at radius 3 is 2.30 bits per heavy atom. The summed E-state index contributed by atoms with van der Waals surface area (Å²) in [6.07, 6.45) is 0.223. The van der Waals surface area contributed by atoms with Crippen molar-refractivity contribution in [3.05, 3.63) is 63.9 Å². The maximum Gasteiger partial charge on any atom is 0.410 e. The number of rotatable bonds is 5. The van der Waals surface area contributed by atoms with Crippen LogP contribution in [0.2, 0.25) is 5.02 Å². The maximum absolute atomic E-state index is 14.4. The molecular weight excluding hydrogens is 497 g/mol. The second-order valence-corrected chi connectivity index (χ2v) is 11.0. The Kier molecular flexibility index (Phi) is 8.52. The fourth-order valence-corrected chi connectivity index (χ4v) is 4.83. The quantitative estimate of drug-likeness (QED) is 0.505. The normalized spacial score (nSPS) is 15.3. The van der Waals surface area contributed by atoms with Crippen molar-refractivity contribution in [1.82, 2.24) is 10.2 Å². The Hall–Kier alpha value is -3.13. The first kappa shape index (κ1) is 28.4. The molecule has 0 unspecified atom stereocenters. The molecule has 1 aliphatic heterocycles. The van der Waals surface area contributed by atoms with Crippen molar-refractivity contribution in [2.45, 2.75) is 64.4 Å². The molecule has 3 rings (SSSR count). The van der Waals surface area contributed by atoms with E-state index in [0.29, 0.717) is 25.9 Å². The topological polar surface area (TPSA) is 87.7 Å². The standard InChI is InChI=1S/C28H35ClFN3O4/c1-17(2)18-9-7-8-10-20(18)28(11-13-33(14-12-28)26(36)37-27(3,4)5)25(35)32-23-16-22(30)21(29)15-19(23)24(34)31-6/h7-10,15-17H,11-14H2,1-6H3,(H,31,34)(H,32,35). The van der Waals surface area contributed by atoms with E-state index in [4.69, 9.17) is 16.3 Å². The average Bonchev–Trinajstić information content (AvgIpc) is 2.84. The first-order valence-corrected chi connectivity index (χ1v) is 12.8. The molecule has 0 saturated carbocycles. The number of benzene rings is 2. The summed E-state index contributed by atoms with van der Waals surface area (Å²) in [6.45, 7) is 10.1. The van der Waals surface area contributed by atoms with Gasteiger partial charge in [0.1, 0.15) is 11.4 Å². The highest BCUT2D eigenvalue weighted by atomic mass is 35.5. The van der Waals surface area contributed by atoms with Gasteiger partial charge in [-0.2, -0.15) is 0 Å². The Morgan fingerprint density at radius 1 is 1.11 bits per heavy atom. The van der Waals surface area contributed by atoms with Gasteiger partial charge in [0, 0.05) is 20.1 Å². The van der Waals surface area contributed by atoms with Gasteiger partial charge in [-0.1, -0.05) is 49.7 Å². The van der Waals surface area contributed by atoms with Crippen LogP contribution < -0.4 is 10.6 Å². The highest BCUT2D eigenvalue weighted by molar-refractivity contribution is 6.31. The second kappa shape index (κ2) is 11.1. The molecular formula is C28H35ClFN3O4. The number of carbonyl (C=O) groups is 3. The second-order valence-electron chi connectivity index (χ2n) is 10.6. The van der Waals surface area contributed by atoms with Crippen LogP contribution in [0.3, 0.4) is 0 Å². The number of piperidine rings is 1. The van der Waals surface area contributed by atoms with Crippen molar-refractivity contribution in [2.24, 2.45) is 0 Å². The Bertz CT molecular complexity index is 1180. The molecule has 0 aromatic heterocycles. The number of hydrogen-bond acceptors (Lipinski definition) is 4. The highest BCUT2D eigenvalue weighted by Gasteiger charge is 2.46. The molecule has 9 heteroatoms. The van der Waals surface area contributed by atoms with Crippen LogP contribution in [0.5, 0.6) is 0 Å². The van der Waals surface area contributed by atoms with E-state index in [1.807, 2.05) is 24.3 Å². The summed E-state index contributed by atoms with van der Waals surface area (Å²) in [7, 11) is 1.44. The number of hydrogen-bond donors (Lipinski definition) is 2. The summed E-state index contributed by atoms with van der Waals surface area (Å²) in [5, 5.41) is 5.09. The smallest absolute Gasteiger partial charge is 0.410 e. The molecule has 0 atom stereocenters. The van der Waals surface area contributed by atoms with Gasteiger partial charge in [-0.25, -0.2) is 9.18 Å². The zero-order valence-corrected chi connectivity index (χ0v) is 23.0. The summed E-state index contributed by atoms with van der Waals surface area (Å²) in [4.78, 5) is 40.9. The average molecular weight is 532 g/mol. The van der Waals surface area contributed by atoms with E-state index in [0.717, 1.165) is 17.2 Å². The van der Waals surface area contributed by atoms with Gasteiger partial charge in [0.05, 0.1) is 21.7 Å². The molecule has 0 radical (unpaired) electrons. The minimum Gasteiger partial charge on any atom is -0.444 e. The number of halogens is 2. The zero-order chi connectivity index (χ0) is 27.5. The van der Waals surface area contributed by atoms with Crippen molar-refractivity contribution in [3.63, 3.8) is 0 Å². The molecule has 0 bridgehead atoms. The van der Waals surface area contributed by atoms with Crippen molar-refractivity contribution >= 4 is 35.2 Å². The van der Waals surface area contributed by atoms with E-state index in [-0.39, 0.29) is 28.1 Å². The number of amides is 3. The predicted molar refractivity (Wildman–Crippen MR) is 143 cm³/mol. The fraction of sp³-hybridized carbons (Fsp3) is 0.464. The Balaban J connectivity index is 2.03. The van der Waals surface area contributed by atoms with Gasteiger partial charge in [0.2, 0.25) is 5.91 Å². The first-order chi connectivity index (χ1) is 17.3. The summed E-state index contributed by atoms with van der Waals surface area (Å²) in [5.74, 6) is -1.50. The van der Waals surface area contributed by atoms with Crippen LogP contribution in [0.25, 0.3) is 0 Å². The molecule has 0 spiro atoms. The largest absolute Gasteiger partial charge is 0.444 e. The predicted octanol–water partition coefficient (Wildman–Crippen LogP) is 5.87. The van der Waals surface area contributed by atoms with E-state index in [1.54, 1.807) is 25.7 Å². The van der Waals surface area contributed by atoms with Crippen LogP contribution >= 0.6 is 11.6 Å². The first-order valence-electron chi connectivity index (χ1n) is 12.4. The van der Waals surface area contributed by atoms with Crippen LogP contribution in [-0.4, -0.2) is 48.5 Å². The summed E-state index contributed by atoms with van der Waals surface area (Å²) in [6, 6.07) is 9.99. The SMILES string of the molecule is CNC(=O)c1cc(Cl)c(F)cc1NC(=O)C1(c2ccccc2C(C)C)CCN(C(=O)OC(C)(C)C)CC1. The van der Waals surface area contributed by atoms with Crippen molar-refractivity contribution in [1.29, 1.82) is 0 Å². The molecule has 1 heterocycles. The minimum atomic E-state index is -1.02. The van der Waals surface area contributed by atoms with Gasteiger partial charge in [-0.3, -0.25) is 9.59 Å². The lowest BCUT2D eigenvalue weighted by molar-refractivity contribution is -0.123. The number of nitrogens with zero attached hydrogens (tertiary/aromatic N) is 1. The summed E-state index contributed by atoms with van der Waals surface area (Å²) >= 11 is 5.93. The monoisotopic (exact) mass is 531 g/mol. The molecule has 200 valence electrons.